The maximum Gasteiger partial charge on any atom is 0.373 e. The number of rotatable bonds is 9. The van der Waals surface area contributed by atoms with Crippen LogP contribution in [0.3, 0.4) is 0 Å². The first-order valence-electron chi connectivity index (χ1n) is 11.1. The normalized spacial score (nSPS) is 13.8. The van der Waals surface area contributed by atoms with Gasteiger partial charge in [-0.25, -0.2) is 14.0 Å². The van der Waals surface area contributed by atoms with E-state index in [-0.39, 0.29) is 40.8 Å². The van der Waals surface area contributed by atoms with Crippen LogP contribution in [0.2, 0.25) is 0 Å². The molecule has 0 radical (unpaired) electrons. The lowest BCUT2D eigenvalue weighted by Crippen LogP contribution is -2.30. The Bertz CT molecular complexity index is 1510. The van der Waals surface area contributed by atoms with Crippen LogP contribution in [0.5, 0.6) is 5.75 Å². The molecule has 14 heteroatoms. The molecule has 39 heavy (non-hydrogen) atoms. The first-order valence-corrected chi connectivity index (χ1v) is 11.1. The molecule has 1 aliphatic heterocycles. The summed E-state index contributed by atoms with van der Waals surface area (Å²) in [5, 5.41) is 16.4. The van der Waals surface area contributed by atoms with Crippen LogP contribution in [0.4, 0.5) is 20.6 Å². The van der Waals surface area contributed by atoms with Gasteiger partial charge in [-0.15, -0.1) is 0 Å². The van der Waals surface area contributed by atoms with E-state index >= 15 is 0 Å². The van der Waals surface area contributed by atoms with E-state index in [1.54, 1.807) is 0 Å². The van der Waals surface area contributed by atoms with Crippen molar-refractivity contribution in [3.05, 3.63) is 93.3 Å². The number of imide groups is 1. The van der Waals surface area contributed by atoms with Crippen LogP contribution in [0, 0.1) is 15.9 Å². The van der Waals surface area contributed by atoms with E-state index in [9.17, 15) is 33.7 Å². The summed E-state index contributed by atoms with van der Waals surface area (Å²) in [5.74, 6) is -2.85. The van der Waals surface area contributed by atoms with E-state index in [1.165, 1.54) is 55.7 Å². The van der Waals surface area contributed by atoms with Crippen molar-refractivity contribution in [2.24, 2.45) is 0 Å². The maximum absolute atomic E-state index is 13.3. The summed E-state index contributed by atoms with van der Waals surface area (Å²) in [6, 6.07) is 10.9. The smallest absolute Gasteiger partial charge is 0.373 e. The number of nitro groups is 1. The van der Waals surface area contributed by atoms with Crippen LogP contribution in [-0.4, -0.2) is 47.4 Å². The number of amides is 4. The van der Waals surface area contributed by atoms with E-state index in [0.29, 0.717) is 0 Å². The number of anilines is 1. The van der Waals surface area contributed by atoms with Crippen LogP contribution in [-0.2, 0) is 20.9 Å². The predicted molar refractivity (Wildman–Crippen MR) is 131 cm³/mol. The van der Waals surface area contributed by atoms with Gasteiger partial charge in [-0.2, -0.15) is 0 Å². The van der Waals surface area contributed by atoms with Gasteiger partial charge >= 0.3 is 17.7 Å². The van der Waals surface area contributed by atoms with Gasteiger partial charge in [0.15, 0.2) is 12.4 Å². The van der Waals surface area contributed by atoms with Gasteiger partial charge < -0.3 is 24.5 Å². The predicted octanol–water partition coefficient (Wildman–Crippen LogP) is 3.22. The van der Waals surface area contributed by atoms with Crippen molar-refractivity contribution in [1.29, 1.82) is 0 Å². The van der Waals surface area contributed by atoms with Crippen LogP contribution in [0.1, 0.15) is 21.9 Å². The van der Waals surface area contributed by atoms with Crippen molar-refractivity contribution >= 4 is 41.3 Å². The summed E-state index contributed by atoms with van der Waals surface area (Å²) < 4.78 is 28.4. The van der Waals surface area contributed by atoms with Crippen molar-refractivity contribution in [3.8, 4) is 5.75 Å². The van der Waals surface area contributed by atoms with E-state index in [0.717, 1.165) is 17.0 Å². The summed E-state index contributed by atoms with van der Waals surface area (Å²) in [6.07, 6.45) is 1.23. The fraction of sp³-hybridized carbons (Fsp3) is 0.120. The number of carbonyl (C=O) groups excluding carboxylic acids is 4. The van der Waals surface area contributed by atoms with Gasteiger partial charge in [0, 0.05) is 11.8 Å². The molecule has 2 heterocycles. The number of halogens is 1. The second-order valence-electron chi connectivity index (χ2n) is 7.97. The molecule has 0 saturated carbocycles. The second kappa shape index (κ2) is 11.2. The molecule has 1 aliphatic rings. The van der Waals surface area contributed by atoms with E-state index in [1.807, 2.05) is 0 Å². The average Bonchev–Trinajstić information content (AvgIpc) is 3.47. The highest BCUT2D eigenvalue weighted by Gasteiger charge is 2.34. The number of urea groups is 1. The molecule has 4 rings (SSSR count). The van der Waals surface area contributed by atoms with Gasteiger partial charge in [-0.3, -0.25) is 24.6 Å². The Morgan fingerprint density at radius 3 is 2.69 bits per heavy atom. The number of esters is 1. The summed E-state index contributed by atoms with van der Waals surface area (Å²) in [5.41, 5.74) is -0.275. The van der Waals surface area contributed by atoms with E-state index < -0.39 is 46.8 Å². The second-order valence-corrected chi connectivity index (χ2v) is 7.97. The first-order chi connectivity index (χ1) is 18.6. The Morgan fingerprint density at radius 2 is 1.97 bits per heavy atom. The van der Waals surface area contributed by atoms with Crippen molar-refractivity contribution in [2.45, 2.75) is 6.54 Å². The number of methoxy groups -OCH3 is 1. The summed E-state index contributed by atoms with van der Waals surface area (Å²) >= 11 is 0. The first kappa shape index (κ1) is 26.5. The molecule has 2 aromatic carbocycles. The number of nitrogens with zero attached hydrogens (tertiary/aromatic N) is 2. The fourth-order valence-electron chi connectivity index (χ4n) is 3.51. The minimum absolute atomic E-state index is 0.101. The number of furan rings is 1. The largest absolute Gasteiger partial charge is 0.477 e. The third-order valence-corrected chi connectivity index (χ3v) is 5.28. The topological polar surface area (TPSA) is 170 Å². The van der Waals surface area contributed by atoms with Gasteiger partial charge in [0.25, 0.3) is 11.8 Å². The van der Waals surface area contributed by atoms with Gasteiger partial charge in [0.2, 0.25) is 5.76 Å². The number of benzene rings is 2. The summed E-state index contributed by atoms with van der Waals surface area (Å²) in [4.78, 5) is 60.4. The van der Waals surface area contributed by atoms with E-state index in [2.05, 4.69) is 15.4 Å². The zero-order chi connectivity index (χ0) is 28.1. The molecule has 0 bridgehead atoms. The monoisotopic (exact) mass is 538 g/mol. The molecule has 1 fully saturated rings. The minimum Gasteiger partial charge on any atom is -0.477 e. The summed E-state index contributed by atoms with van der Waals surface area (Å²) in [7, 11) is 1.17. The molecule has 0 aliphatic carbocycles. The zero-order valence-electron chi connectivity index (χ0n) is 20.1. The zero-order valence-corrected chi connectivity index (χ0v) is 20.1. The van der Waals surface area contributed by atoms with Gasteiger partial charge in [0.1, 0.15) is 17.3 Å². The Balaban J connectivity index is 1.44. The van der Waals surface area contributed by atoms with Gasteiger partial charge in [-0.05, 0) is 48.0 Å². The third kappa shape index (κ3) is 6.25. The van der Waals surface area contributed by atoms with Crippen molar-refractivity contribution in [1.82, 2.24) is 10.2 Å². The van der Waals surface area contributed by atoms with Crippen molar-refractivity contribution < 1.29 is 42.4 Å². The average molecular weight is 538 g/mol. The minimum atomic E-state index is -0.763. The highest BCUT2D eigenvalue weighted by molar-refractivity contribution is 6.13. The molecular formula is C25H19FN4O9. The van der Waals surface area contributed by atoms with Crippen LogP contribution in [0.25, 0.3) is 6.08 Å². The molecule has 200 valence electrons. The lowest BCUT2D eigenvalue weighted by Gasteiger charge is -2.09. The molecule has 13 nitrogen and oxygen atoms in total. The molecule has 1 aromatic heterocycles. The number of ether oxygens (including phenoxy) is 2. The lowest BCUT2D eigenvalue weighted by atomic mass is 10.1. The fourth-order valence-corrected chi connectivity index (χ4v) is 3.51. The van der Waals surface area contributed by atoms with Crippen molar-refractivity contribution in [3.63, 3.8) is 0 Å². The van der Waals surface area contributed by atoms with Crippen LogP contribution < -0.4 is 15.4 Å². The number of nitrogens with one attached hydrogen (secondary N) is 2. The summed E-state index contributed by atoms with van der Waals surface area (Å²) in [6.45, 7) is -0.866. The molecule has 2 N–H and O–H groups in total. The Morgan fingerprint density at radius 1 is 1.18 bits per heavy atom. The highest BCUT2D eigenvalue weighted by Crippen LogP contribution is 2.29. The highest BCUT2D eigenvalue weighted by atomic mass is 19.1. The number of nitro benzene ring substituents is 1. The van der Waals surface area contributed by atoms with Gasteiger partial charge in [-0.1, -0.05) is 12.1 Å². The van der Waals surface area contributed by atoms with Gasteiger partial charge in [0.05, 0.1) is 18.6 Å². The molecular weight excluding hydrogens is 519 g/mol. The molecule has 1 saturated heterocycles. The number of hydrogen-bond acceptors (Lipinski definition) is 9. The lowest BCUT2D eigenvalue weighted by molar-refractivity contribution is -0.385. The Hall–Kier alpha value is -5.53. The quantitative estimate of drug-likeness (QED) is 0.136. The Labute approximate surface area is 218 Å². The maximum atomic E-state index is 13.3. The molecule has 0 atom stereocenters. The number of hydrogen-bond donors (Lipinski definition) is 2. The van der Waals surface area contributed by atoms with Crippen LogP contribution in [0.15, 0.2) is 64.7 Å². The standard InChI is InChI=1S/C25H19FN4O9/c1-37-24(33)21-8-6-17(39-21)12-29-23(32)18(28-25(29)34)9-14-5-7-20(19(10-14)30(35)36)38-13-22(31)27-16-4-2-3-15(26)11-16/h2-11H,12-13H2,1H3,(H,27,31)(H,28,34)/b18-9-. The molecule has 0 unspecified atom stereocenters. The van der Waals surface area contributed by atoms with E-state index in [4.69, 9.17) is 9.15 Å². The SMILES string of the molecule is COC(=O)c1ccc(CN2C(=O)N/C(=C\c3ccc(OCC(=O)Nc4cccc(F)c4)c([N+](=O)[O-])c3)C2=O)o1. The molecule has 3 aromatic rings. The van der Waals surface area contributed by atoms with Crippen molar-refractivity contribution in [2.75, 3.05) is 19.0 Å². The number of carbonyl (C=O) groups is 4. The molecule has 0 spiro atoms. The van der Waals surface area contributed by atoms with Crippen LogP contribution >= 0.6 is 0 Å². The third-order valence-electron chi connectivity index (χ3n) is 5.28. The molecule has 4 amide bonds. The Kier molecular flexibility index (Phi) is 7.65.